The molecule has 90 valence electrons. The van der Waals surface area contributed by atoms with Gasteiger partial charge < -0.3 is 5.32 Å². The summed E-state index contributed by atoms with van der Waals surface area (Å²) in [5.74, 6) is 0.856. The summed E-state index contributed by atoms with van der Waals surface area (Å²) in [6.07, 6.45) is 3.46. The highest BCUT2D eigenvalue weighted by Gasteiger charge is 2.32. The summed E-state index contributed by atoms with van der Waals surface area (Å²) in [4.78, 5) is 0. The van der Waals surface area contributed by atoms with Crippen molar-refractivity contribution in [3.05, 3.63) is 17.5 Å². The third-order valence-corrected chi connectivity index (χ3v) is 3.28. The first-order valence-corrected chi connectivity index (χ1v) is 6.14. The van der Waals surface area contributed by atoms with Gasteiger partial charge in [-0.15, -0.1) is 0 Å². The molecule has 1 fully saturated rings. The second-order valence-corrected chi connectivity index (χ2v) is 6.13. The number of hydrogen-bond donors (Lipinski definition) is 1. The number of rotatable bonds is 3. The monoisotopic (exact) mass is 221 g/mol. The van der Waals surface area contributed by atoms with E-state index in [9.17, 15) is 0 Å². The average Bonchev–Trinajstić information content (AvgIpc) is 2.69. The molecule has 1 aliphatic rings. The quantitative estimate of drug-likeness (QED) is 0.848. The molecule has 0 aromatic carbocycles. The van der Waals surface area contributed by atoms with Crippen LogP contribution in [-0.4, -0.2) is 15.8 Å². The molecule has 2 rings (SSSR count). The molecule has 1 aromatic rings. The molecule has 2 atom stereocenters. The van der Waals surface area contributed by atoms with Gasteiger partial charge in [-0.2, -0.15) is 5.10 Å². The van der Waals surface area contributed by atoms with E-state index in [2.05, 4.69) is 44.3 Å². The second kappa shape index (κ2) is 3.88. The van der Waals surface area contributed by atoms with E-state index in [1.54, 1.807) is 0 Å². The largest absolute Gasteiger partial charge is 0.310 e. The summed E-state index contributed by atoms with van der Waals surface area (Å²) in [6, 6.07) is 0.730. The van der Waals surface area contributed by atoms with Crippen LogP contribution in [0.4, 0.5) is 0 Å². The van der Waals surface area contributed by atoms with Crippen molar-refractivity contribution in [3.8, 4) is 0 Å². The maximum Gasteiger partial charge on any atom is 0.0722 e. The van der Waals surface area contributed by atoms with Crippen LogP contribution in [-0.2, 0) is 19.0 Å². The summed E-state index contributed by atoms with van der Waals surface area (Å²) in [5.41, 5.74) is 2.69. The van der Waals surface area contributed by atoms with Gasteiger partial charge in [0.15, 0.2) is 0 Å². The van der Waals surface area contributed by atoms with E-state index in [0.717, 1.165) is 18.5 Å². The number of hydrogen-bond acceptors (Lipinski definition) is 2. The molecule has 3 nitrogen and oxygen atoms in total. The van der Waals surface area contributed by atoms with Crippen LogP contribution in [0.25, 0.3) is 0 Å². The lowest BCUT2D eigenvalue weighted by Crippen LogP contribution is -2.21. The fourth-order valence-corrected chi connectivity index (χ4v) is 2.15. The summed E-state index contributed by atoms with van der Waals surface area (Å²) >= 11 is 0. The Morgan fingerprint density at radius 2 is 2.12 bits per heavy atom. The van der Waals surface area contributed by atoms with Crippen LogP contribution in [0.2, 0.25) is 0 Å². The molecule has 2 unspecified atom stereocenters. The van der Waals surface area contributed by atoms with Crippen molar-refractivity contribution in [2.75, 3.05) is 0 Å². The van der Waals surface area contributed by atoms with Gasteiger partial charge in [0, 0.05) is 36.8 Å². The Morgan fingerprint density at radius 3 is 2.62 bits per heavy atom. The number of nitrogens with zero attached hydrogens (tertiary/aromatic N) is 2. The Hall–Kier alpha value is -0.830. The summed E-state index contributed by atoms with van der Waals surface area (Å²) < 4.78 is 1.92. The summed E-state index contributed by atoms with van der Waals surface area (Å²) in [7, 11) is 2.00. The zero-order chi connectivity index (χ0) is 11.9. The van der Waals surface area contributed by atoms with Crippen LogP contribution in [0.5, 0.6) is 0 Å². The highest BCUT2D eigenvalue weighted by molar-refractivity contribution is 5.24. The predicted octanol–water partition coefficient (Wildman–Crippen LogP) is 2.22. The number of aromatic nitrogens is 2. The SMILES string of the molecule is CC1CC1NCc1cn(C)nc1C(C)(C)C. The van der Waals surface area contributed by atoms with E-state index < -0.39 is 0 Å². The number of nitrogens with one attached hydrogen (secondary N) is 1. The zero-order valence-corrected chi connectivity index (χ0v) is 11.0. The minimum atomic E-state index is 0.132. The normalized spacial score (nSPS) is 24.8. The Balaban J connectivity index is 2.07. The molecule has 1 aromatic heterocycles. The standard InChI is InChI=1S/C13H23N3/c1-9-6-11(9)14-7-10-8-16(5)15-12(10)13(2,3)4/h8-9,11,14H,6-7H2,1-5H3. The maximum absolute atomic E-state index is 4.58. The topological polar surface area (TPSA) is 29.9 Å². The highest BCUT2D eigenvalue weighted by Crippen LogP contribution is 2.30. The van der Waals surface area contributed by atoms with Crippen LogP contribution in [0.1, 0.15) is 45.4 Å². The number of aryl methyl sites for hydroxylation is 1. The Bertz CT molecular complexity index is 373. The van der Waals surface area contributed by atoms with Gasteiger partial charge in [0.25, 0.3) is 0 Å². The van der Waals surface area contributed by atoms with Crippen molar-refractivity contribution < 1.29 is 0 Å². The smallest absolute Gasteiger partial charge is 0.0722 e. The average molecular weight is 221 g/mol. The van der Waals surface area contributed by atoms with Crippen LogP contribution in [0.15, 0.2) is 6.20 Å². The predicted molar refractivity (Wildman–Crippen MR) is 66.3 cm³/mol. The van der Waals surface area contributed by atoms with E-state index in [1.165, 1.54) is 17.7 Å². The molecule has 0 aliphatic heterocycles. The molecule has 1 aliphatic carbocycles. The van der Waals surface area contributed by atoms with Crippen LogP contribution in [0, 0.1) is 5.92 Å². The van der Waals surface area contributed by atoms with Gasteiger partial charge in [-0.3, -0.25) is 4.68 Å². The molecule has 0 saturated heterocycles. The highest BCUT2D eigenvalue weighted by atomic mass is 15.3. The van der Waals surface area contributed by atoms with Gasteiger partial charge in [0.05, 0.1) is 5.69 Å². The van der Waals surface area contributed by atoms with Crippen molar-refractivity contribution in [3.63, 3.8) is 0 Å². The van der Waals surface area contributed by atoms with Crippen LogP contribution < -0.4 is 5.32 Å². The lowest BCUT2D eigenvalue weighted by atomic mass is 9.89. The molecule has 1 N–H and O–H groups in total. The molecule has 16 heavy (non-hydrogen) atoms. The minimum absolute atomic E-state index is 0.132. The van der Waals surface area contributed by atoms with Crippen molar-refractivity contribution in [1.29, 1.82) is 0 Å². The fourth-order valence-electron chi connectivity index (χ4n) is 2.15. The van der Waals surface area contributed by atoms with Gasteiger partial charge in [-0.25, -0.2) is 0 Å². The molecule has 0 spiro atoms. The second-order valence-electron chi connectivity index (χ2n) is 6.13. The van der Waals surface area contributed by atoms with Gasteiger partial charge in [-0.05, 0) is 12.3 Å². The Labute approximate surface area is 98.2 Å². The maximum atomic E-state index is 4.58. The minimum Gasteiger partial charge on any atom is -0.310 e. The molecule has 3 heteroatoms. The first-order valence-electron chi connectivity index (χ1n) is 6.14. The molecule has 1 heterocycles. The van der Waals surface area contributed by atoms with Crippen LogP contribution >= 0.6 is 0 Å². The van der Waals surface area contributed by atoms with E-state index in [0.29, 0.717) is 0 Å². The van der Waals surface area contributed by atoms with Crippen molar-refractivity contribution in [2.24, 2.45) is 13.0 Å². The third kappa shape index (κ3) is 2.46. The lowest BCUT2D eigenvalue weighted by molar-refractivity contribution is 0.542. The van der Waals surface area contributed by atoms with E-state index in [4.69, 9.17) is 0 Å². The van der Waals surface area contributed by atoms with Crippen molar-refractivity contribution >= 4 is 0 Å². The molecule has 0 radical (unpaired) electrons. The van der Waals surface area contributed by atoms with Crippen molar-refractivity contribution in [1.82, 2.24) is 15.1 Å². The summed E-state index contributed by atoms with van der Waals surface area (Å²) in [5, 5.41) is 8.17. The fraction of sp³-hybridized carbons (Fsp3) is 0.769. The zero-order valence-electron chi connectivity index (χ0n) is 11.0. The first kappa shape index (κ1) is 11.6. The van der Waals surface area contributed by atoms with Crippen molar-refractivity contribution in [2.45, 2.75) is 52.1 Å². The van der Waals surface area contributed by atoms with Gasteiger partial charge in [0.2, 0.25) is 0 Å². The van der Waals surface area contributed by atoms with E-state index in [1.807, 2.05) is 11.7 Å². The van der Waals surface area contributed by atoms with Crippen LogP contribution in [0.3, 0.4) is 0 Å². The summed E-state index contributed by atoms with van der Waals surface area (Å²) in [6.45, 7) is 9.91. The van der Waals surface area contributed by atoms with E-state index in [-0.39, 0.29) is 5.41 Å². The lowest BCUT2D eigenvalue weighted by Gasteiger charge is -2.17. The Morgan fingerprint density at radius 1 is 1.50 bits per heavy atom. The molecular formula is C13H23N3. The first-order chi connectivity index (χ1) is 7.38. The van der Waals surface area contributed by atoms with Gasteiger partial charge >= 0.3 is 0 Å². The molecule has 0 amide bonds. The van der Waals surface area contributed by atoms with Gasteiger partial charge in [0.1, 0.15) is 0 Å². The Kier molecular flexibility index (Phi) is 2.82. The van der Waals surface area contributed by atoms with Gasteiger partial charge in [-0.1, -0.05) is 27.7 Å². The molecule has 0 bridgehead atoms. The van der Waals surface area contributed by atoms with E-state index >= 15 is 0 Å². The third-order valence-electron chi connectivity index (χ3n) is 3.28. The molecule has 1 saturated carbocycles. The molecular weight excluding hydrogens is 198 g/mol.